The van der Waals surface area contributed by atoms with Crippen molar-refractivity contribution in [3.05, 3.63) is 68.6 Å². The van der Waals surface area contributed by atoms with Gasteiger partial charge in [-0.05, 0) is 39.0 Å². The maximum absolute atomic E-state index is 13.4. The van der Waals surface area contributed by atoms with Gasteiger partial charge >= 0.3 is 0 Å². The lowest BCUT2D eigenvalue weighted by Crippen LogP contribution is -2.58. The van der Waals surface area contributed by atoms with Gasteiger partial charge in [-0.15, -0.1) is 11.3 Å². The Balaban J connectivity index is 1.49. The third-order valence-electron chi connectivity index (χ3n) is 6.12. The predicted octanol–water partition coefficient (Wildman–Crippen LogP) is 4.71. The van der Waals surface area contributed by atoms with Crippen LogP contribution in [0.5, 0.6) is 0 Å². The third kappa shape index (κ3) is 6.38. The number of methoxy groups -OCH3 is 1. The Labute approximate surface area is 224 Å². The van der Waals surface area contributed by atoms with E-state index in [4.69, 9.17) is 4.74 Å². The van der Waals surface area contributed by atoms with Crippen LogP contribution in [0.2, 0.25) is 0 Å². The van der Waals surface area contributed by atoms with E-state index in [9.17, 15) is 9.59 Å². The number of nitrogens with one attached hydrogen (secondary N) is 1. The first-order valence-corrected chi connectivity index (χ1v) is 13.5. The number of hydrogen-bond acceptors (Lipinski definition) is 6. The monoisotopic (exact) mass is 570 g/mol. The molecule has 1 fully saturated rings. The second-order valence-electron chi connectivity index (χ2n) is 10.1. The number of aromatic nitrogens is 2. The van der Waals surface area contributed by atoms with Crippen LogP contribution in [0.15, 0.2) is 53.3 Å². The van der Waals surface area contributed by atoms with Crippen LogP contribution in [-0.2, 0) is 21.4 Å². The molecular weight excluding hydrogens is 540 g/mol. The maximum atomic E-state index is 13.4. The summed E-state index contributed by atoms with van der Waals surface area (Å²) in [5, 5.41) is 3.01. The molecule has 2 amide bonds. The maximum Gasteiger partial charge on any atom is 0.262 e. The van der Waals surface area contributed by atoms with Crippen molar-refractivity contribution in [3.8, 4) is 11.4 Å². The van der Waals surface area contributed by atoms with Crippen molar-refractivity contribution < 1.29 is 14.3 Å². The molecule has 7 nitrogen and oxygen atoms in total. The highest BCUT2D eigenvalue weighted by molar-refractivity contribution is 9.10. The van der Waals surface area contributed by atoms with Crippen molar-refractivity contribution in [2.45, 2.75) is 38.6 Å². The lowest BCUT2D eigenvalue weighted by Gasteiger charge is -2.40. The van der Waals surface area contributed by atoms with Gasteiger partial charge in [0.25, 0.3) is 5.91 Å². The van der Waals surface area contributed by atoms with E-state index in [0.29, 0.717) is 42.7 Å². The van der Waals surface area contributed by atoms with Crippen molar-refractivity contribution in [1.29, 1.82) is 0 Å². The van der Waals surface area contributed by atoms with Crippen LogP contribution in [-0.4, -0.2) is 59.5 Å². The first-order chi connectivity index (χ1) is 17.1. The van der Waals surface area contributed by atoms with E-state index in [1.807, 2.05) is 36.4 Å². The molecule has 1 atom stereocenters. The second-order valence-corrected chi connectivity index (χ2v) is 12.1. The van der Waals surface area contributed by atoms with Gasteiger partial charge in [-0.25, -0.2) is 9.97 Å². The summed E-state index contributed by atoms with van der Waals surface area (Å²) in [5.41, 5.74) is 1.80. The van der Waals surface area contributed by atoms with Gasteiger partial charge in [0, 0.05) is 55.4 Å². The van der Waals surface area contributed by atoms with E-state index in [2.05, 4.69) is 52.0 Å². The molecule has 0 spiro atoms. The number of ether oxygens (including phenoxy) is 1. The lowest BCUT2D eigenvalue weighted by molar-refractivity contribution is -0.140. The number of hydrogen-bond donors (Lipinski definition) is 1. The number of rotatable bonds is 8. The summed E-state index contributed by atoms with van der Waals surface area (Å²) < 4.78 is 6.04. The van der Waals surface area contributed by atoms with E-state index < -0.39 is 6.04 Å². The van der Waals surface area contributed by atoms with Gasteiger partial charge in [0.05, 0.1) is 16.0 Å². The molecule has 1 aromatic carbocycles. The van der Waals surface area contributed by atoms with Gasteiger partial charge in [-0.1, -0.05) is 45.0 Å². The largest absolute Gasteiger partial charge is 0.384 e. The standard InChI is InChI=1S/C27H31BrN4O3S/c1-27(2,3)23-10-9-22(36-23)25(33)31-21(26(34)32-14-18(15-32)16-35-4)11-17-5-7-19(8-6-17)24-29-12-20(28)13-30-24/h5-10,12-13,18,21H,11,14-16H2,1-4H3,(H,31,33). The molecule has 3 heterocycles. The molecule has 3 aromatic rings. The van der Waals surface area contributed by atoms with E-state index >= 15 is 0 Å². The van der Waals surface area contributed by atoms with Crippen molar-refractivity contribution in [1.82, 2.24) is 20.2 Å². The smallest absolute Gasteiger partial charge is 0.262 e. The molecule has 9 heteroatoms. The number of carbonyl (C=O) groups excluding carboxylic acids is 2. The Kier molecular flexibility index (Phi) is 8.22. The summed E-state index contributed by atoms with van der Waals surface area (Å²) >= 11 is 4.82. The molecule has 2 aromatic heterocycles. The summed E-state index contributed by atoms with van der Waals surface area (Å²) in [4.78, 5) is 38.7. The molecule has 0 saturated carbocycles. The molecule has 4 rings (SSSR count). The average Bonchev–Trinajstić information content (AvgIpc) is 3.33. The fraction of sp³-hybridized carbons (Fsp3) is 0.407. The molecule has 1 unspecified atom stereocenters. The summed E-state index contributed by atoms with van der Waals surface area (Å²) in [6.45, 7) is 8.28. The number of likely N-dealkylation sites (tertiary alicyclic amines) is 1. The number of benzene rings is 1. The van der Waals surface area contributed by atoms with Crippen LogP contribution in [0.1, 0.15) is 40.9 Å². The van der Waals surface area contributed by atoms with Crippen LogP contribution in [0.4, 0.5) is 0 Å². The zero-order valence-corrected chi connectivity index (χ0v) is 23.4. The van der Waals surface area contributed by atoms with Crippen LogP contribution < -0.4 is 5.32 Å². The zero-order chi connectivity index (χ0) is 25.9. The molecule has 0 aliphatic carbocycles. The fourth-order valence-corrected chi connectivity index (χ4v) is 5.26. The number of thiophene rings is 1. The SMILES string of the molecule is COCC1CN(C(=O)C(Cc2ccc(-c3ncc(Br)cn3)cc2)NC(=O)c2ccc(C(C)(C)C)s2)C1. The quantitative estimate of drug-likeness (QED) is 0.424. The topological polar surface area (TPSA) is 84.4 Å². The number of nitrogens with zero attached hydrogens (tertiary/aromatic N) is 3. The van der Waals surface area contributed by atoms with Gasteiger partial charge in [0.15, 0.2) is 5.82 Å². The molecule has 36 heavy (non-hydrogen) atoms. The first-order valence-electron chi connectivity index (χ1n) is 11.9. The van der Waals surface area contributed by atoms with Gasteiger partial charge < -0.3 is 15.0 Å². The Bertz CT molecular complexity index is 1200. The Morgan fingerprint density at radius 2 is 1.81 bits per heavy atom. The zero-order valence-electron chi connectivity index (χ0n) is 21.0. The molecular formula is C27H31BrN4O3S. The molecule has 190 valence electrons. The molecule has 1 aliphatic heterocycles. The van der Waals surface area contributed by atoms with Gasteiger partial charge in [-0.3, -0.25) is 9.59 Å². The van der Waals surface area contributed by atoms with E-state index in [1.54, 1.807) is 24.4 Å². The number of carbonyl (C=O) groups is 2. The Morgan fingerprint density at radius 3 is 2.39 bits per heavy atom. The van der Waals surface area contributed by atoms with Crippen LogP contribution >= 0.6 is 27.3 Å². The summed E-state index contributed by atoms with van der Waals surface area (Å²) in [6, 6.07) is 11.0. The van der Waals surface area contributed by atoms with Gasteiger partial charge in [0.2, 0.25) is 5.91 Å². The molecule has 0 radical (unpaired) electrons. The van der Waals surface area contributed by atoms with Gasteiger partial charge in [-0.2, -0.15) is 0 Å². The van der Waals surface area contributed by atoms with E-state index in [-0.39, 0.29) is 17.2 Å². The summed E-state index contributed by atoms with van der Waals surface area (Å²) in [5.74, 6) is 0.682. The van der Waals surface area contributed by atoms with Crippen molar-refractivity contribution in [2.24, 2.45) is 5.92 Å². The Morgan fingerprint density at radius 1 is 1.14 bits per heavy atom. The minimum absolute atomic E-state index is 0.0350. The van der Waals surface area contributed by atoms with Crippen molar-refractivity contribution in [2.75, 3.05) is 26.8 Å². The fourth-order valence-electron chi connectivity index (χ4n) is 4.09. The van der Waals surface area contributed by atoms with Crippen LogP contribution in [0.3, 0.4) is 0 Å². The van der Waals surface area contributed by atoms with E-state index in [1.165, 1.54) is 11.3 Å². The molecule has 0 bridgehead atoms. The minimum Gasteiger partial charge on any atom is -0.384 e. The van der Waals surface area contributed by atoms with Crippen LogP contribution in [0.25, 0.3) is 11.4 Å². The molecule has 1 saturated heterocycles. The van der Waals surface area contributed by atoms with Crippen molar-refractivity contribution >= 4 is 39.1 Å². The molecule has 1 aliphatic rings. The highest BCUT2D eigenvalue weighted by atomic mass is 79.9. The molecule has 1 N–H and O–H groups in total. The number of halogens is 1. The van der Waals surface area contributed by atoms with Crippen molar-refractivity contribution in [3.63, 3.8) is 0 Å². The first kappa shape index (κ1) is 26.4. The Hall–Kier alpha value is -2.62. The minimum atomic E-state index is -0.657. The lowest BCUT2D eigenvalue weighted by atomic mass is 9.95. The normalized spacial score (nSPS) is 14.9. The summed E-state index contributed by atoms with van der Waals surface area (Å²) in [7, 11) is 1.67. The predicted molar refractivity (Wildman–Crippen MR) is 145 cm³/mol. The third-order valence-corrected chi connectivity index (χ3v) is 8.04. The van der Waals surface area contributed by atoms with Crippen LogP contribution in [0, 0.1) is 5.92 Å². The number of amides is 2. The van der Waals surface area contributed by atoms with E-state index in [0.717, 1.165) is 20.5 Å². The second kappa shape index (κ2) is 11.2. The van der Waals surface area contributed by atoms with Gasteiger partial charge in [0.1, 0.15) is 6.04 Å². The average molecular weight is 572 g/mol. The summed E-state index contributed by atoms with van der Waals surface area (Å²) in [6.07, 6.45) is 3.81. The highest BCUT2D eigenvalue weighted by Gasteiger charge is 2.35. The highest BCUT2D eigenvalue weighted by Crippen LogP contribution is 2.29.